The number of fused-ring (bicyclic) bond motifs is 3. The molecule has 1 N–H and O–H groups in total. The Bertz CT molecular complexity index is 1040. The number of halogens is 4. The minimum Gasteiger partial charge on any atom is -0.335 e. The Morgan fingerprint density at radius 2 is 2.03 bits per heavy atom. The van der Waals surface area contributed by atoms with Gasteiger partial charge in [-0.3, -0.25) is 4.99 Å². The second kappa shape index (κ2) is 9.54. The van der Waals surface area contributed by atoms with Crippen molar-refractivity contribution in [3.63, 3.8) is 0 Å². The zero-order chi connectivity index (χ0) is 18.4. The van der Waals surface area contributed by atoms with Crippen LogP contribution in [0.2, 0.25) is 5.02 Å². The number of aliphatic imine (C=N–C) groups is 2. The fourth-order valence-corrected chi connectivity index (χ4v) is 5.58. The fourth-order valence-electron chi connectivity index (χ4n) is 3.14. The fraction of sp³-hybridized carbons (Fsp3) is 0.158. The van der Waals surface area contributed by atoms with Crippen LogP contribution >= 0.6 is 75.9 Å². The zero-order valence-electron chi connectivity index (χ0n) is 14.9. The second-order valence-corrected chi connectivity index (χ2v) is 9.47. The van der Waals surface area contributed by atoms with Crippen molar-refractivity contribution >= 4 is 97.6 Å². The number of nitrogens with zero attached hydrogens (tertiary/aromatic N) is 3. The Morgan fingerprint density at radius 1 is 1.17 bits per heavy atom. The molecule has 0 fully saturated rings. The van der Waals surface area contributed by atoms with Gasteiger partial charge in [-0.15, -0.1) is 24.8 Å². The summed E-state index contributed by atoms with van der Waals surface area (Å²) < 4.78 is 1.07. The largest absolute Gasteiger partial charge is 0.335 e. The summed E-state index contributed by atoms with van der Waals surface area (Å²) in [5, 5.41) is 8.37. The van der Waals surface area contributed by atoms with Gasteiger partial charge in [-0.05, 0) is 46.9 Å². The van der Waals surface area contributed by atoms with Gasteiger partial charge < -0.3 is 10.2 Å². The molecular formula is C19H16BrCl3N4S2. The van der Waals surface area contributed by atoms with Gasteiger partial charge in [-0.1, -0.05) is 57.1 Å². The Kier molecular flexibility index (Phi) is 7.51. The van der Waals surface area contributed by atoms with Crippen LogP contribution in [0.3, 0.4) is 0 Å². The molecule has 0 atom stereocenters. The molecule has 3 aliphatic rings. The molecule has 0 bridgehead atoms. The molecule has 0 saturated heterocycles. The number of thioether (sulfide) groups is 2. The Labute approximate surface area is 203 Å². The molecule has 4 nitrogen and oxygen atoms in total. The summed E-state index contributed by atoms with van der Waals surface area (Å²) in [7, 11) is 0. The SMILES string of the molecule is Cl.Cl.Clc1ccc2c(c1)CN1C(CSC3=NCc4ccc(Br)cc4N3)=CSC1=N2. The molecule has 3 aliphatic heterocycles. The highest BCUT2D eigenvalue weighted by Gasteiger charge is 2.28. The van der Waals surface area contributed by atoms with Crippen LogP contribution in [0, 0.1) is 0 Å². The van der Waals surface area contributed by atoms with E-state index in [1.807, 2.05) is 18.2 Å². The predicted molar refractivity (Wildman–Crippen MR) is 136 cm³/mol. The molecule has 0 saturated carbocycles. The van der Waals surface area contributed by atoms with Gasteiger partial charge in [-0.25, -0.2) is 4.99 Å². The number of benzene rings is 2. The minimum atomic E-state index is 0. The first kappa shape index (κ1) is 22.8. The molecule has 29 heavy (non-hydrogen) atoms. The summed E-state index contributed by atoms with van der Waals surface area (Å²) in [6, 6.07) is 12.2. The van der Waals surface area contributed by atoms with Gasteiger partial charge >= 0.3 is 0 Å². The van der Waals surface area contributed by atoms with Crippen molar-refractivity contribution in [2.75, 3.05) is 11.1 Å². The third kappa shape index (κ3) is 4.75. The standard InChI is InChI=1S/C19H14BrClN4S2.2ClH/c20-13-2-1-11-7-22-18(23-17(11)6-13)26-9-15-10-27-19-24-16-4-3-14(21)5-12(16)8-25(15)19;;/h1-6,10H,7-9H2,(H,22,23);2*1H. The minimum absolute atomic E-state index is 0. The number of nitrogens with one attached hydrogen (secondary N) is 1. The Balaban J connectivity index is 0.00000120. The Hall–Kier alpha value is -0.830. The molecule has 0 spiro atoms. The van der Waals surface area contributed by atoms with E-state index in [1.165, 1.54) is 11.3 Å². The molecule has 10 heteroatoms. The van der Waals surface area contributed by atoms with E-state index in [0.29, 0.717) is 6.54 Å². The van der Waals surface area contributed by atoms with E-state index in [-0.39, 0.29) is 24.8 Å². The van der Waals surface area contributed by atoms with Crippen LogP contribution in [-0.4, -0.2) is 21.0 Å². The molecule has 152 valence electrons. The van der Waals surface area contributed by atoms with Crippen molar-refractivity contribution in [3.8, 4) is 0 Å². The van der Waals surface area contributed by atoms with Crippen molar-refractivity contribution < 1.29 is 0 Å². The van der Waals surface area contributed by atoms with Crippen molar-refractivity contribution in [1.29, 1.82) is 0 Å². The van der Waals surface area contributed by atoms with E-state index in [2.05, 4.69) is 54.7 Å². The highest BCUT2D eigenvalue weighted by atomic mass is 79.9. The summed E-state index contributed by atoms with van der Waals surface area (Å²) in [6.45, 7) is 1.53. The maximum atomic E-state index is 6.15. The number of amidine groups is 2. The van der Waals surface area contributed by atoms with E-state index in [4.69, 9.17) is 16.6 Å². The zero-order valence-corrected chi connectivity index (χ0v) is 20.5. The molecule has 2 aromatic carbocycles. The second-order valence-electron chi connectivity index (χ2n) is 6.32. The van der Waals surface area contributed by atoms with E-state index in [0.717, 1.165) is 49.1 Å². The normalized spacial score (nSPS) is 16.1. The van der Waals surface area contributed by atoms with Gasteiger partial charge in [-0.2, -0.15) is 0 Å². The number of hydrogen-bond acceptors (Lipinski definition) is 6. The highest BCUT2D eigenvalue weighted by Crippen LogP contribution is 2.39. The van der Waals surface area contributed by atoms with Crippen LogP contribution in [0.25, 0.3) is 0 Å². The lowest BCUT2D eigenvalue weighted by Gasteiger charge is -2.27. The summed E-state index contributed by atoms with van der Waals surface area (Å²) in [6.07, 6.45) is 0. The van der Waals surface area contributed by atoms with Gasteiger partial charge in [0.2, 0.25) is 0 Å². The van der Waals surface area contributed by atoms with Gasteiger partial charge in [0.05, 0.1) is 18.8 Å². The number of anilines is 1. The van der Waals surface area contributed by atoms with Crippen LogP contribution < -0.4 is 5.32 Å². The molecule has 0 aliphatic carbocycles. The molecular weight excluding hydrogens is 535 g/mol. The number of rotatable bonds is 2. The first-order valence-corrected chi connectivity index (χ1v) is 11.4. The topological polar surface area (TPSA) is 40.0 Å². The first-order chi connectivity index (χ1) is 13.2. The molecule has 0 unspecified atom stereocenters. The molecule has 0 aromatic heterocycles. The average Bonchev–Trinajstić information content (AvgIpc) is 3.06. The van der Waals surface area contributed by atoms with Crippen LogP contribution in [-0.2, 0) is 13.1 Å². The molecule has 2 aromatic rings. The lowest BCUT2D eigenvalue weighted by Crippen LogP contribution is -2.28. The van der Waals surface area contributed by atoms with Crippen LogP contribution in [0.15, 0.2) is 62.0 Å². The maximum Gasteiger partial charge on any atom is 0.173 e. The van der Waals surface area contributed by atoms with Crippen molar-refractivity contribution in [2.24, 2.45) is 9.98 Å². The van der Waals surface area contributed by atoms with Gasteiger partial charge in [0, 0.05) is 26.6 Å². The maximum absolute atomic E-state index is 6.15. The smallest absolute Gasteiger partial charge is 0.173 e. The lowest BCUT2D eigenvalue weighted by atomic mass is 10.1. The van der Waals surface area contributed by atoms with Gasteiger partial charge in [0.25, 0.3) is 0 Å². The van der Waals surface area contributed by atoms with Gasteiger partial charge in [0.1, 0.15) is 0 Å². The summed E-state index contributed by atoms with van der Waals surface area (Å²) in [5.74, 6) is 0.844. The third-order valence-electron chi connectivity index (χ3n) is 4.53. The highest BCUT2D eigenvalue weighted by molar-refractivity contribution is 9.10. The van der Waals surface area contributed by atoms with E-state index >= 15 is 0 Å². The third-order valence-corrected chi connectivity index (χ3v) is 7.11. The van der Waals surface area contributed by atoms with Crippen LogP contribution in [0.1, 0.15) is 11.1 Å². The summed E-state index contributed by atoms with van der Waals surface area (Å²) in [5.41, 5.74) is 5.77. The summed E-state index contributed by atoms with van der Waals surface area (Å²) in [4.78, 5) is 11.7. The lowest BCUT2D eigenvalue weighted by molar-refractivity contribution is 0.519. The number of hydrogen-bond donors (Lipinski definition) is 1. The van der Waals surface area contributed by atoms with Crippen LogP contribution in [0.4, 0.5) is 11.4 Å². The first-order valence-electron chi connectivity index (χ1n) is 8.39. The molecule has 0 radical (unpaired) electrons. The van der Waals surface area contributed by atoms with Crippen molar-refractivity contribution in [3.05, 3.63) is 68.1 Å². The van der Waals surface area contributed by atoms with E-state index in [1.54, 1.807) is 23.5 Å². The van der Waals surface area contributed by atoms with Crippen molar-refractivity contribution in [1.82, 2.24) is 4.90 Å². The molecule has 3 heterocycles. The van der Waals surface area contributed by atoms with E-state index in [9.17, 15) is 0 Å². The average molecular weight is 551 g/mol. The Morgan fingerprint density at radius 3 is 2.90 bits per heavy atom. The molecule has 5 rings (SSSR count). The monoisotopic (exact) mass is 548 g/mol. The molecule has 0 amide bonds. The van der Waals surface area contributed by atoms with Gasteiger partial charge in [0.15, 0.2) is 10.3 Å². The van der Waals surface area contributed by atoms with Crippen molar-refractivity contribution in [2.45, 2.75) is 13.1 Å². The summed E-state index contributed by atoms with van der Waals surface area (Å²) >= 11 is 13.1. The predicted octanol–water partition coefficient (Wildman–Crippen LogP) is 7.05. The van der Waals surface area contributed by atoms with E-state index < -0.39 is 0 Å². The quantitative estimate of drug-likeness (QED) is 0.435. The van der Waals surface area contributed by atoms with Crippen LogP contribution in [0.5, 0.6) is 0 Å².